The van der Waals surface area contributed by atoms with E-state index in [9.17, 15) is 0 Å². The summed E-state index contributed by atoms with van der Waals surface area (Å²) in [6.45, 7) is 8.05. The van der Waals surface area contributed by atoms with E-state index < -0.39 is 0 Å². The number of aryl methyl sites for hydroxylation is 1. The molecule has 0 spiro atoms. The first-order valence-corrected chi connectivity index (χ1v) is 5.53. The average molecular weight is 208 g/mol. The lowest BCUT2D eigenvalue weighted by Gasteiger charge is -2.17. The summed E-state index contributed by atoms with van der Waals surface area (Å²) < 4.78 is 11.1. The van der Waals surface area contributed by atoms with Crippen molar-refractivity contribution in [1.29, 1.82) is 0 Å². The van der Waals surface area contributed by atoms with Crippen LogP contribution >= 0.6 is 0 Å². The van der Waals surface area contributed by atoms with E-state index >= 15 is 0 Å². The van der Waals surface area contributed by atoms with Crippen LogP contribution in [0.4, 0.5) is 0 Å². The molecule has 0 N–H and O–H groups in total. The Labute approximate surface area is 92.2 Å². The summed E-state index contributed by atoms with van der Waals surface area (Å²) in [5, 5.41) is 0. The summed E-state index contributed by atoms with van der Waals surface area (Å²) in [6.07, 6.45) is 1.05. The monoisotopic (exact) mass is 208 g/mol. The predicted molar refractivity (Wildman–Crippen MR) is 62.1 cm³/mol. The molecule has 2 nitrogen and oxygen atoms in total. The molecule has 0 aliphatic rings. The number of benzene rings is 1. The fourth-order valence-corrected chi connectivity index (χ4v) is 1.41. The van der Waals surface area contributed by atoms with Gasteiger partial charge in [0.15, 0.2) is 6.29 Å². The molecule has 0 saturated heterocycles. The maximum atomic E-state index is 5.60. The zero-order valence-corrected chi connectivity index (χ0v) is 9.99. The van der Waals surface area contributed by atoms with Gasteiger partial charge in [-0.3, -0.25) is 0 Å². The first-order chi connectivity index (χ1) is 7.11. The number of rotatable bonds is 5. The maximum absolute atomic E-state index is 5.60. The normalized spacial score (nSPS) is 12.9. The third-order valence-corrected chi connectivity index (χ3v) is 2.10. The van der Waals surface area contributed by atoms with E-state index in [1.165, 1.54) is 5.56 Å². The maximum Gasteiger partial charge on any atom is 0.197 e. The van der Waals surface area contributed by atoms with Crippen molar-refractivity contribution in [2.75, 3.05) is 0 Å². The second kappa shape index (κ2) is 5.76. The molecule has 2 heteroatoms. The van der Waals surface area contributed by atoms with E-state index in [1.807, 2.05) is 32.9 Å². The molecule has 1 atom stereocenters. The SMILES string of the molecule is CCc1ccc(OC(C)OC(C)C)cc1. The molecule has 1 aromatic carbocycles. The van der Waals surface area contributed by atoms with Crippen molar-refractivity contribution in [3.8, 4) is 5.75 Å². The third-order valence-electron chi connectivity index (χ3n) is 2.10. The van der Waals surface area contributed by atoms with Crippen LogP contribution in [0.2, 0.25) is 0 Å². The van der Waals surface area contributed by atoms with Crippen molar-refractivity contribution in [3.63, 3.8) is 0 Å². The van der Waals surface area contributed by atoms with E-state index in [1.54, 1.807) is 0 Å². The Morgan fingerprint density at radius 3 is 2.13 bits per heavy atom. The minimum absolute atomic E-state index is 0.190. The van der Waals surface area contributed by atoms with Crippen LogP contribution in [-0.4, -0.2) is 12.4 Å². The Balaban J connectivity index is 2.49. The summed E-state index contributed by atoms with van der Waals surface area (Å²) in [4.78, 5) is 0. The number of ether oxygens (including phenoxy) is 2. The molecule has 0 heterocycles. The van der Waals surface area contributed by atoms with Gasteiger partial charge in [0.05, 0.1) is 6.10 Å². The Morgan fingerprint density at radius 1 is 1.07 bits per heavy atom. The standard InChI is InChI=1S/C13H20O2/c1-5-12-6-8-13(9-7-12)15-11(4)14-10(2)3/h6-11H,5H2,1-4H3. The van der Waals surface area contributed by atoms with Crippen LogP contribution in [-0.2, 0) is 11.2 Å². The molecular weight excluding hydrogens is 188 g/mol. The van der Waals surface area contributed by atoms with Crippen molar-refractivity contribution in [2.24, 2.45) is 0 Å². The van der Waals surface area contributed by atoms with E-state index in [-0.39, 0.29) is 12.4 Å². The largest absolute Gasteiger partial charge is 0.465 e. The van der Waals surface area contributed by atoms with Crippen LogP contribution in [0, 0.1) is 0 Å². The quantitative estimate of drug-likeness (QED) is 0.690. The number of hydrogen-bond acceptors (Lipinski definition) is 2. The lowest BCUT2D eigenvalue weighted by atomic mass is 10.2. The molecule has 0 bridgehead atoms. The van der Waals surface area contributed by atoms with Gasteiger partial charge in [-0.15, -0.1) is 0 Å². The molecule has 0 amide bonds. The Bertz CT molecular complexity index is 277. The van der Waals surface area contributed by atoms with E-state index in [2.05, 4.69) is 19.1 Å². The fraction of sp³-hybridized carbons (Fsp3) is 0.538. The Kier molecular flexibility index (Phi) is 4.63. The van der Waals surface area contributed by atoms with Gasteiger partial charge >= 0.3 is 0 Å². The van der Waals surface area contributed by atoms with Gasteiger partial charge in [0.25, 0.3) is 0 Å². The Hall–Kier alpha value is -1.02. The first-order valence-electron chi connectivity index (χ1n) is 5.53. The predicted octanol–water partition coefficient (Wildman–Crippen LogP) is 3.40. The first kappa shape index (κ1) is 12.1. The molecule has 1 aromatic rings. The molecule has 1 rings (SSSR count). The van der Waals surface area contributed by atoms with Gasteiger partial charge in [-0.1, -0.05) is 19.1 Å². The van der Waals surface area contributed by atoms with Crippen LogP contribution in [0.3, 0.4) is 0 Å². The summed E-state index contributed by atoms with van der Waals surface area (Å²) >= 11 is 0. The molecule has 0 aliphatic carbocycles. The highest BCUT2D eigenvalue weighted by Crippen LogP contribution is 2.15. The summed E-state index contributed by atoms with van der Waals surface area (Å²) in [6, 6.07) is 8.13. The second-order valence-corrected chi connectivity index (χ2v) is 3.87. The molecule has 0 fully saturated rings. The molecule has 0 saturated carbocycles. The van der Waals surface area contributed by atoms with Crippen LogP contribution in [0.1, 0.15) is 33.3 Å². The average Bonchev–Trinajstić information content (AvgIpc) is 2.17. The van der Waals surface area contributed by atoms with Gasteiger partial charge < -0.3 is 9.47 Å². The summed E-state index contributed by atoms with van der Waals surface area (Å²) in [7, 11) is 0. The highest BCUT2D eigenvalue weighted by Gasteiger charge is 2.05. The van der Waals surface area contributed by atoms with Crippen LogP contribution in [0.25, 0.3) is 0 Å². The second-order valence-electron chi connectivity index (χ2n) is 3.87. The molecule has 0 aliphatic heterocycles. The van der Waals surface area contributed by atoms with Gasteiger partial charge in [-0.05, 0) is 44.9 Å². The summed E-state index contributed by atoms with van der Waals surface area (Å²) in [5.41, 5.74) is 1.32. The molecule has 15 heavy (non-hydrogen) atoms. The summed E-state index contributed by atoms with van der Waals surface area (Å²) in [5.74, 6) is 0.861. The molecular formula is C13H20O2. The lowest BCUT2D eigenvalue weighted by molar-refractivity contribution is -0.0950. The minimum atomic E-state index is -0.197. The van der Waals surface area contributed by atoms with Crippen LogP contribution < -0.4 is 4.74 Å². The molecule has 0 radical (unpaired) electrons. The van der Waals surface area contributed by atoms with Crippen molar-refractivity contribution in [2.45, 2.75) is 46.5 Å². The van der Waals surface area contributed by atoms with E-state index in [0.717, 1.165) is 12.2 Å². The van der Waals surface area contributed by atoms with Crippen LogP contribution in [0.15, 0.2) is 24.3 Å². The van der Waals surface area contributed by atoms with Gasteiger partial charge in [0, 0.05) is 0 Å². The highest BCUT2D eigenvalue weighted by molar-refractivity contribution is 5.27. The van der Waals surface area contributed by atoms with Crippen molar-refractivity contribution >= 4 is 0 Å². The van der Waals surface area contributed by atoms with Gasteiger partial charge in [0.2, 0.25) is 0 Å². The van der Waals surface area contributed by atoms with E-state index in [4.69, 9.17) is 9.47 Å². The van der Waals surface area contributed by atoms with Gasteiger partial charge in [-0.25, -0.2) is 0 Å². The van der Waals surface area contributed by atoms with E-state index in [0.29, 0.717) is 0 Å². The Morgan fingerprint density at radius 2 is 1.67 bits per heavy atom. The molecule has 0 aromatic heterocycles. The third kappa shape index (κ3) is 4.34. The topological polar surface area (TPSA) is 18.5 Å². The van der Waals surface area contributed by atoms with Crippen LogP contribution in [0.5, 0.6) is 5.75 Å². The zero-order chi connectivity index (χ0) is 11.3. The zero-order valence-electron chi connectivity index (χ0n) is 9.99. The van der Waals surface area contributed by atoms with Gasteiger partial charge in [0.1, 0.15) is 5.75 Å². The van der Waals surface area contributed by atoms with Crippen molar-refractivity contribution < 1.29 is 9.47 Å². The van der Waals surface area contributed by atoms with Gasteiger partial charge in [-0.2, -0.15) is 0 Å². The van der Waals surface area contributed by atoms with Crippen molar-refractivity contribution in [1.82, 2.24) is 0 Å². The molecule has 84 valence electrons. The number of hydrogen-bond donors (Lipinski definition) is 0. The highest BCUT2D eigenvalue weighted by atomic mass is 16.7. The van der Waals surface area contributed by atoms with Crippen molar-refractivity contribution in [3.05, 3.63) is 29.8 Å². The minimum Gasteiger partial charge on any atom is -0.465 e. The fourth-order valence-electron chi connectivity index (χ4n) is 1.41. The lowest BCUT2D eigenvalue weighted by Crippen LogP contribution is -2.20. The molecule has 1 unspecified atom stereocenters. The smallest absolute Gasteiger partial charge is 0.197 e.